The summed E-state index contributed by atoms with van der Waals surface area (Å²) in [6.07, 6.45) is 1.84. The summed E-state index contributed by atoms with van der Waals surface area (Å²) in [6.45, 7) is 1.24. The van der Waals surface area contributed by atoms with Gasteiger partial charge in [-0.15, -0.1) is 11.8 Å². The van der Waals surface area contributed by atoms with Gasteiger partial charge in [-0.05, 0) is 36.6 Å². The van der Waals surface area contributed by atoms with Gasteiger partial charge in [-0.2, -0.15) is 0 Å². The van der Waals surface area contributed by atoms with Crippen LogP contribution in [0.1, 0.15) is 20.7 Å². The van der Waals surface area contributed by atoms with Crippen LogP contribution >= 0.6 is 11.8 Å². The van der Waals surface area contributed by atoms with Crippen LogP contribution in [0.25, 0.3) is 0 Å². The summed E-state index contributed by atoms with van der Waals surface area (Å²) in [7, 11) is 3.02. The lowest BCUT2D eigenvalue weighted by atomic mass is 10.1. The van der Waals surface area contributed by atoms with Crippen LogP contribution in [0.4, 0.5) is 5.69 Å². The number of rotatable bonds is 6. The van der Waals surface area contributed by atoms with Gasteiger partial charge in [-0.1, -0.05) is 0 Å². The zero-order valence-electron chi connectivity index (χ0n) is 17.5. The second-order valence-corrected chi connectivity index (χ2v) is 7.67. The SMILES string of the molecule is COc1ccc(C(=O)N2CCN(C(=O)c3cc(SC)ccc3[N+](=O)[O-])CC2)cc1OC. The Morgan fingerprint density at radius 2 is 1.55 bits per heavy atom. The third-order valence-electron chi connectivity index (χ3n) is 5.12. The van der Waals surface area contributed by atoms with Crippen LogP contribution in [0.2, 0.25) is 0 Å². The van der Waals surface area contributed by atoms with Crippen molar-refractivity contribution in [3.63, 3.8) is 0 Å². The highest BCUT2D eigenvalue weighted by atomic mass is 32.2. The first-order valence-electron chi connectivity index (χ1n) is 9.52. The quantitative estimate of drug-likeness (QED) is 0.383. The fourth-order valence-electron chi connectivity index (χ4n) is 3.41. The fraction of sp³-hybridized carbons (Fsp3) is 0.333. The first-order valence-corrected chi connectivity index (χ1v) is 10.7. The topological polar surface area (TPSA) is 102 Å². The summed E-state index contributed by atoms with van der Waals surface area (Å²) in [5.74, 6) is 0.413. The number of piperazine rings is 1. The van der Waals surface area contributed by atoms with Gasteiger partial charge in [-0.3, -0.25) is 19.7 Å². The van der Waals surface area contributed by atoms with Crippen molar-refractivity contribution in [1.29, 1.82) is 0 Å². The van der Waals surface area contributed by atoms with Crippen molar-refractivity contribution in [3.8, 4) is 11.5 Å². The molecule has 0 atom stereocenters. The number of amides is 2. The summed E-state index contributed by atoms with van der Waals surface area (Å²) in [5, 5.41) is 11.4. The summed E-state index contributed by atoms with van der Waals surface area (Å²) >= 11 is 1.41. The van der Waals surface area contributed by atoms with Gasteiger partial charge in [-0.25, -0.2) is 0 Å². The molecule has 0 spiro atoms. The monoisotopic (exact) mass is 445 g/mol. The van der Waals surface area contributed by atoms with Crippen molar-refractivity contribution in [1.82, 2.24) is 9.80 Å². The first kappa shape index (κ1) is 22.4. The standard InChI is InChI=1S/C21H23N3O6S/c1-29-18-7-4-14(12-19(18)30-2)20(25)22-8-10-23(11-9-22)21(26)16-13-15(31-3)5-6-17(16)24(27)28/h4-7,12-13H,8-11H2,1-3H3. The second-order valence-electron chi connectivity index (χ2n) is 6.79. The molecular formula is C21H23N3O6S. The average Bonchev–Trinajstić information content (AvgIpc) is 2.82. The molecule has 1 aliphatic rings. The predicted octanol–water partition coefficient (Wildman–Crippen LogP) is 2.93. The van der Waals surface area contributed by atoms with Crippen molar-refractivity contribution in [2.45, 2.75) is 4.90 Å². The predicted molar refractivity (Wildman–Crippen MR) is 116 cm³/mol. The number of hydrogen-bond donors (Lipinski definition) is 0. The number of methoxy groups -OCH3 is 2. The van der Waals surface area contributed by atoms with E-state index in [0.29, 0.717) is 43.2 Å². The van der Waals surface area contributed by atoms with E-state index in [2.05, 4.69) is 0 Å². The molecule has 0 unspecified atom stereocenters. The molecule has 0 aromatic heterocycles. The van der Waals surface area contributed by atoms with Gasteiger partial charge in [0.25, 0.3) is 17.5 Å². The van der Waals surface area contributed by atoms with Crippen molar-refractivity contribution in [2.24, 2.45) is 0 Å². The highest BCUT2D eigenvalue weighted by Gasteiger charge is 2.29. The molecule has 0 bridgehead atoms. The van der Waals surface area contributed by atoms with E-state index in [4.69, 9.17) is 9.47 Å². The highest BCUT2D eigenvalue weighted by molar-refractivity contribution is 7.98. The lowest BCUT2D eigenvalue weighted by Gasteiger charge is -2.34. The fourth-order valence-corrected chi connectivity index (χ4v) is 3.85. The lowest BCUT2D eigenvalue weighted by Crippen LogP contribution is -2.50. The number of ether oxygens (including phenoxy) is 2. The van der Waals surface area contributed by atoms with Crippen LogP contribution in [-0.2, 0) is 0 Å². The van der Waals surface area contributed by atoms with Gasteiger partial charge in [0.15, 0.2) is 11.5 Å². The highest BCUT2D eigenvalue weighted by Crippen LogP contribution is 2.29. The average molecular weight is 445 g/mol. The third kappa shape index (κ3) is 4.74. The Morgan fingerprint density at radius 1 is 0.935 bits per heavy atom. The molecule has 1 aliphatic heterocycles. The smallest absolute Gasteiger partial charge is 0.282 e. The normalized spacial score (nSPS) is 13.6. The molecule has 1 fully saturated rings. The van der Waals surface area contributed by atoms with E-state index in [1.807, 2.05) is 6.26 Å². The molecule has 1 saturated heterocycles. The van der Waals surface area contributed by atoms with E-state index < -0.39 is 10.8 Å². The number of nitro groups is 1. The largest absolute Gasteiger partial charge is 0.493 e. The van der Waals surface area contributed by atoms with Crippen molar-refractivity contribution >= 4 is 29.3 Å². The minimum Gasteiger partial charge on any atom is -0.493 e. The molecule has 10 heteroatoms. The zero-order valence-corrected chi connectivity index (χ0v) is 18.3. The van der Waals surface area contributed by atoms with E-state index in [1.54, 1.807) is 40.1 Å². The molecule has 0 aliphatic carbocycles. The minimum atomic E-state index is -0.547. The Hall–Kier alpha value is -3.27. The summed E-state index contributed by atoms with van der Waals surface area (Å²) in [4.78, 5) is 40.6. The number of carbonyl (C=O) groups is 2. The van der Waals surface area contributed by atoms with Crippen LogP contribution in [-0.4, -0.2) is 73.2 Å². The van der Waals surface area contributed by atoms with Gasteiger partial charge in [0, 0.05) is 42.7 Å². The molecule has 2 amide bonds. The van der Waals surface area contributed by atoms with Crippen molar-refractivity contribution in [3.05, 3.63) is 57.6 Å². The Balaban J connectivity index is 1.72. The maximum absolute atomic E-state index is 13.0. The van der Waals surface area contributed by atoms with Crippen LogP contribution in [0.15, 0.2) is 41.3 Å². The zero-order chi connectivity index (χ0) is 22.5. The Bertz CT molecular complexity index is 1000. The number of benzene rings is 2. The third-order valence-corrected chi connectivity index (χ3v) is 5.84. The molecule has 0 radical (unpaired) electrons. The van der Waals surface area contributed by atoms with E-state index in [-0.39, 0.29) is 17.2 Å². The van der Waals surface area contributed by atoms with Gasteiger partial charge in [0.2, 0.25) is 0 Å². The van der Waals surface area contributed by atoms with E-state index in [0.717, 1.165) is 4.90 Å². The van der Waals surface area contributed by atoms with E-state index >= 15 is 0 Å². The molecule has 3 rings (SSSR count). The lowest BCUT2D eigenvalue weighted by molar-refractivity contribution is -0.385. The first-order chi connectivity index (χ1) is 14.9. The number of carbonyl (C=O) groups excluding carboxylic acids is 2. The van der Waals surface area contributed by atoms with Gasteiger partial charge < -0.3 is 19.3 Å². The molecule has 164 valence electrons. The van der Waals surface area contributed by atoms with Crippen LogP contribution in [0.3, 0.4) is 0 Å². The van der Waals surface area contributed by atoms with Gasteiger partial charge in [0.05, 0.1) is 19.1 Å². The minimum absolute atomic E-state index is 0.0662. The maximum Gasteiger partial charge on any atom is 0.282 e. The number of thioether (sulfide) groups is 1. The van der Waals surface area contributed by atoms with Crippen molar-refractivity contribution < 1.29 is 24.0 Å². The molecule has 0 saturated carbocycles. The number of hydrogen-bond acceptors (Lipinski definition) is 7. The number of nitrogens with zero attached hydrogens (tertiary/aromatic N) is 3. The Kier molecular flexibility index (Phi) is 7.01. The molecule has 9 nitrogen and oxygen atoms in total. The summed E-state index contributed by atoms with van der Waals surface area (Å²) in [5.41, 5.74) is 0.309. The van der Waals surface area contributed by atoms with Crippen LogP contribution < -0.4 is 9.47 Å². The molecule has 31 heavy (non-hydrogen) atoms. The molecule has 2 aromatic rings. The maximum atomic E-state index is 13.0. The second kappa shape index (κ2) is 9.69. The van der Waals surface area contributed by atoms with Crippen molar-refractivity contribution in [2.75, 3.05) is 46.7 Å². The summed E-state index contributed by atoms with van der Waals surface area (Å²) < 4.78 is 10.5. The van der Waals surface area contributed by atoms with Gasteiger partial charge in [0.1, 0.15) is 5.56 Å². The van der Waals surface area contributed by atoms with Crippen LogP contribution in [0.5, 0.6) is 11.5 Å². The molecule has 0 N–H and O–H groups in total. The Morgan fingerprint density at radius 3 is 2.10 bits per heavy atom. The molecule has 2 aromatic carbocycles. The molecular weight excluding hydrogens is 422 g/mol. The Labute approximate surface area is 184 Å². The molecule has 1 heterocycles. The van der Waals surface area contributed by atoms with Gasteiger partial charge >= 0.3 is 0 Å². The van der Waals surface area contributed by atoms with Crippen LogP contribution in [0, 0.1) is 10.1 Å². The van der Waals surface area contributed by atoms with E-state index in [1.165, 1.54) is 32.0 Å². The number of nitro benzene ring substituents is 1. The summed E-state index contributed by atoms with van der Waals surface area (Å²) in [6, 6.07) is 9.49. The van der Waals surface area contributed by atoms with E-state index in [9.17, 15) is 19.7 Å².